The van der Waals surface area contributed by atoms with Crippen molar-refractivity contribution in [1.82, 2.24) is 4.90 Å². The number of sulfonamides is 1. The van der Waals surface area contributed by atoms with Gasteiger partial charge in [-0.25, -0.2) is 18.4 Å². The van der Waals surface area contributed by atoms with E-state index in [2.05, 4.69) is 0 Å². The van der Waals surface area contributed by atoms with E-state index < -0.39 is 16.0 Å². The monoisotopic (exact) mass is 288 g/mol. The molecule has 8 heteroatoms. The molecule has 0 aliphatic rings. The van der Waals surface area contributed by atoms with Crippen LogP contribution in [0.25, 0.3) is 0 Å². The second-order valence-corrected chi connectivity index (χ2v) is 5.69. The molecule has 0 spiro atoms. The zero-order chi connectivity index (χ0) is 14.6. The number of aromatic carboxylic acids is 1. The number of ether oxygens (including phenoxy) is 1. The fraction of sp³-hybridized carbons (Fsp3) is 0.364. The van der Waals surface area contributed by atoms with Gasteiger partial charge in [0.2, 0.25) is 10.0 Å². The lowest BCUT2D eigenvalue weighted by atomic mass is 10.2. The molecule has 3 N–H and O–H groups in total. The summed E-state index contributed by atoms with van der Waals surface area (Å²) in [5, 5.41) is 13.9. The summed E-state index contributed by atoms with van der Waals surface area (Å²) in [5.74, 6) is -1.18. The van der Waals surface area contributed by atoms with Crippen LogP contribution in [0.5, 0.6) is 5.75 Å². The van der Waals surface area contributed by atoms with Gasteiger partial charge in [-0.2, -0.15) is 0 Å². The number of nitrogens with zero attached hydrogens (tertiary/aromatic N) is 1. The van der Waals surface area contributed by atoms with Gasteiger partial charge in [-0.3, -0.25) is 0 Å². The molecular weight excluding hydrogens is 272 g/mol. The van der Waals surface area contributed by atoms with Gasteiger partial charge in [-0.1, -0.05) is 0 Å². The molecule has 0 saturated heterocycles. The molecule has 0 fully saturated rings. The standard InChI is InChI=1S/C11H16N2O5S/c1-13(2)5-6-18-9-4-3-8(11(14)15)7-10(9)19(12,16)17/h3-4,7H,5-6H2,1-2H3,(H,14,15)(H2,12,16,17). The van der Waals surface area contributed by atoms with Crippen molar-refractivity contribution in [2.75, 3.05) is 27.2 Å². The zero-order valence-corrected chi connectivity index (χ0v) is 11.5. The van der Waals surface area contributed by atoms with Gasteiger partial charge in [-0.15, -0.1) is 0 Å². The van der Waals surface area contributed by atoms with Crippen LogP contribution in [0.15, 0.2) is 23.1 Å². The van der Waals surface area contributed by atoms with Gasteiger partial charge >= 0.3 is 5.97 Å². The van der Waals surface area contributed by atoms with Crippen molar-refractivity contribution in [2.24, 2.45) is 5.14 Å². The molecule has 0 unspecified atom stereocenters. The number of benzene rings is 1. The van der Waals surface area contributed by atoms with E-state index in [-0.39, 0.29) is 22.8 Å². The lowest BCUT2D eigenvalue weighted by Gasteiger charge is -2.13. The first-order chi connectivity index (χ1) is 8.71. The average Bonchev–Trinajstić information content (AvgIpc) is 2.27. The van der Waals surface area contributed by atoms with Gasteiger partial charge in [0.05, 0.1) is 5.56 Å². The maximum Gasteiger partial charge on any atom is 0.335 e. The molecular formula is C11H16N2O5S. The van der Waals surface area contributed by atoms with Crippen LogP contribution < -0.4 is 9.88 Å². The second kappa shape index (κ2) is 6.00. The third kappa shape index (κ3) is 4.51. The van der Waals surface area contributed by atoms with Crippen molar-refractivity contribution < 1.29 is 23.1 Å². The minimum absolute atomic E-state index is 0.0503. The number of hydrogen-bond acceptors (Lipinski definition) is 5. The molecule has 0 heterocycles. The molecule has 1 rings (SSSR count). The van der Waals surface area contributed by atoms with E-state index in [1.807, 2.05) is 19.0 Å². The number of carbonyl (C=O) groups is 1. The normalized spacial score (nSPS) is 11.6. The topological polar surface area (TPSA) is 110 Å². The molecule has 1 aromatic rings. The first kappa shape index (κ1) is 15.4. The predicted octanol–water partition coefficient (Wildman–Crippen LogP) is -0.0274. The van der Waals surface area contributed by atoms with E-state index >= 15 is 0 Å². The number of rotatable bonds is 6. The summed E-state index contributed by atoms with van der Waals surface area (Å²) in [6.45, 7) is 0.854. The highest BCUT2D eigenvalue weighted by atomic mass is 32.2. The van der Waals surface area contributed by atoms with Crippen LogP contribution in [0.1, 0.15) is 10.4 Å². The largest absolute Gasteiger partial charge is 0.491 e. The summed E-state index contributed by atoms with van der Waals surface area (Å²) in [4.78, 5) is 12.3. The molecule has 0 aromatic heterocycles. The zero-order valence-electron chi connectivity index (χ0n) is 10.7. The van der Waals surface area contributed by atoms with E-state index in [0.29, 0.717) is 6.54 Å². The Kier molecular flexibility index (Phi) is 4.87. The van der Waals surface area contributed by atoms with Crippen LogP contribution in [0.4, 0.5) is 0 Å². The summed E-state index contributed by atoms with van der Waals surface area (Å²) in [7, 11) is -0.353. The molecule has 0 bridgehead atoms. The third-order valence-corrected chi connectivity index (χ3v) is 3.23. The lowest BCUT2D eigenvalue weighted by molar-refractivity contribution is 0.0696. The Morgan fingerprint density at radius 2 is 2.05 bits per heavy atom. The van der Waals surface area contributed by atoms with Crippen molar-refractivity contribution in [2.45, 2.75) is 4.90 Å². The molecule has 0 aliphatic carbocycles. The fourth-order valence-corrected chi connectivity index (χ4v) is 2.02. The first-order valence-corrected chi connectivity index (χ1v) is 6.94. The van der Waals surface area contributed by atoms with Crippen LogP contribution in [0.3, 0.4) is 0 Å². The minimum atomic E-state index is -4.04. The van der Waals surface area contributed by atoms with Gasteiger partial charge in [0, 0.05) is 6.54 Å². The predicted molar refractivity (Wildman–Crippen MR) is 68.8 cm³/mol. The highest BCUT2D eigenvalue weighted by molar-refractivity contribution is 7.89. The van der Waals surface area contributed by atoms with E-state index in [1.165, 1.54) is 12.1 Å². The molecule has 0 amide bonds. The Balaban J connectivity index is 3.07. The maximum atomic E-state index is 11.4. The van der Waals surface area contributed by atoms with E-state index in [0.717, 1.165) is 6.07 Å². The van der Waals surface area contributed by atoms with E-state index in [4.69, 9.17) is 15.0 Å². The van der Waals surface area contributed by atoms with Crippen LogP contribution in [0, 0.1) is 0 Å². The molecule has 7 nitrogen and oxygen atoms in total. The minimum Gasteiger partial charge on any atom is -0.491 e. The molecule has 0 aliphatic heterocycles. The SMILES string of the molecule is CN(C)CCOc1ccc(C(=O)O)cc1S(N)(=O)=O. The molecule has 1 aromatic carbocycles. The summed E-state index contributed by atoms with van der Waals surface area (Å²) < 4.78 is 28.2. The number of likely N-dealkylation sites (N-methyl/N-ethyl adjacent to an activating group) is 1. The summed E-state index contributed by atoms with van der Waals surface area (Å²) in [6, 6.07) is 3.55. The summed E-state index contributed by atoms with van der Waals surface area (Å²) >= 11 is 0. The van der Waals surface area contributed by atoms with Crippen molar-refractivity contribution in [1.29, 1.82) is 0 Å². The second-order valence-electron chi connectivity index (χ2n) is 4.16. The van der Waals surface area contributed by atoms with E-state index in [9.17, 15) is 13.2 Å². The summed E-state index contributed by atoms with van der Waals surface area (Å²) in [5.41, 5.74) is -0.163. The Bertz CT molecular complexity index is 568. The van der Waals surface area contributed by atoms with Crippen molar-refractivity contribution in [3.8, 4) is 5.75 Å². The van der Waals surface area contributed by atoms with Crippen molar-refractivity contribution >= 4 is 16.0 Å². The van der Waals surface area contributed by atoms with Gasteiger partial charge in [0.1, 0.15) is 17.3 Å². The molecule has 0 atom stereocenters. The highest BCUT2D eigenvalue weighted by Gasteiger charge is 2.18. The molecule has 0 saturated carbocycles. The fourth-order valence-electron chi connectivity index (χ4n) is 1.32. The number of primary sulfonamides is 1. The van der Waals surface area contributed by atoms with Crippen molar-refractivity contribution in [3.05, 3.63) is 23.8 Å². The number of nitrogens with two attached hydrogens (primary N) is 1. The van der Waals surface area contributed by atoms with Crippen LogP contribution in [-0.2, 0) is 10.0 Å². The van der Waals surface area contributed by atoms with Gasteiger partial charge in [0.25, 0.3) is 0 Å². The number of carboxylic acids is 1. The molecule has 0 radical (unpaired) electrons. The molecule has 106 valence electrons. The lowest BCUT2D eigenvalue weighted by Crippen LogP contribution is -2.21. The Labute approximate surface area is 111 Å². The highest BCUT2D eigenvalue weighted by Crippen LogP contribution is 2.24. The number of hydrogen-bond donors (Lipinski definition) is 2. The third-order valence-electron chi connectivity index (χ3n) is 2.29. The van der Waals surface area contributed by atoms with Gasteiger partial charge < -0.3 is 14.7 Å². The Morgan fingerprint density at radius 1 is 1.42 bits per heavy atom. The van der Waals surface area contributed by atoms with Crippen LogP contribution >= 0.6 is 0 Å². The first-order valence-electron chi connectivity index (χ1n) is 5.39. The molecule has 19 heavy (non-hydrogen) atoms. The van der Waals surface area contributed by atoms with Gasteiger partial charge in [-0.05, 0) is 32.3 Å². The summed E-state index contributed by atoms with van der Waals surface area (Å²) in [6.07, 6.45) is 0. The van der Waals surface area contributed by atoms with Crippen LogP contribution in [0.2, 0.25) is 0 Å². The quantitative estimate of drug-likeness (QED) is 0.760. The Hall–Kier alpha value is -1.64. The van der Waals surface area contributed by atoms with Gasteiger partial charge in [0.15, 0.2) is 0 Å². The van der Waals surface area contributed by atoms with Crippen molar-refractivity contribution in [3.63, 3.8) is 0 Å². The smallest absolute Gasteiger partial charge is 0.335 e. The average molecular weight is 288 g/mol. The maximum absolute atomic E-state index is 11.4. The Morgan fingerprint density at radius 3 is 2.53 bits per heavy atom. The van der Waals surface area contributed by atoms with E-state index in [1.54, 1.807) is 0 Å². The number of carboxylic acid groups (broad SMARTS) is 1. The van der Waals surface area contributed by atoms with Crippen LogP contribution in [-0.4, -0.2) is 51.6 Å².